The summed E-state index contributed by atoms with van der Waals surface area (Å²) in [5.41, 5.74) is 0. The zero-order valence-corrected chi connectivity index (χ0v) is 13.2. The topological polar surface area (TPSA) is 0 Å². The maximum atomic E-state index is 3.38. The third-order valence-electron chi connectivity index (χ3n) is 2.53. The maximum absolute atomic E-state index is 3.38. The molecule has 0 aliphatic rings. The highest BCUT2D eigenvalue weighted by atomic mass is 79.9. The summed E-state index contributed by atoms with van der Waals surface area (Å²) in [6.07, 6.45) is 11.3. The maximum Gasteiger partial charge on any atom is 0.0771 e. The van der Waals surface area contributed by atoms with Gasteiger partial charge in [0.25, 0.3) is 0 Å². The molecular formula is C13H25BrSi. The molecule has 0 aromatic rings. The molecule has 0 unspecified atom stereocenters. The smallest absolute Gasteiger partial charge is 0.0771 e. The summed E-state index contributed by atoms with van der Waals surface area (Å²) >= 11 is 3.38. The van der Waals surface area contributed by atoms with E-state index in [1.165, 1.54) is 32.1 Å². The summed E-state index contributed by atoms with van der Waals surface area (Å²) in [5, 5.41) is 1.57. The van der Waals surface area contributed by atoms with E-state index in [9.17, 15) is 0 Å². The molecular weight excluding hydrogens is 264 g/mol. The van der Waals surface area contributed by atoms with Crippen molar-refractivity contribution in [3.05, 3.63) is 22.3 Å². The van der Waals surface area contributed by atoms with Crippen molar-refractivity contribution in [1.29, 1.82) is 0 Å². The van der Waals surface area contributed by atoms with Crippen molar-refractivity contribution in [3.63, 3.8) is 0 Å². The van der Waals surface area contributed by atoms with Crippen LogP contribution in [-0.4, -0.2) is 8.07 Å². The van der Waals surface area contributed by atoms with Crippen LogP contribution in [0.3, 0.4) is 0 Å². The van der Waals surface area contributed by atoms with Gasteiger partial charge in [0.2, 0.25) is 0 Å². The van der Waals surface area contributed by atoms with E-state index in [-0.39, 0.29) is 0 Å². The lowest BCUT2D eigenvalue weighted by molar-refractivity contribution is 0.674. The second-order valence-corrected chi connectivity index (χ2v) is 10.7. The van der Waals surface area contributed by atoms with Crippen molar-refractivity contribution >= 4 is 24.0 Å². The van der Waals surface area contributed by atoms with E-state index >= 15 is 0 Å². The van der Waals surface area contributed by atoms with Gasteiger partial charge in [-0.15, -0.1) is 0 Å². The van der Waals surface area contributed by atoms with Gasteiger partial charge < -0.3 is 0 Å². The Hall–Kier alpha value is 0.177. The van der Waals surface area contributed by atoms with E-state index in [0.717, 1.165) is 0 Å². The standard InChI is InChI=1S/C13H25BrSi/c1-5-6-7-8-9-10-13(11-12-14)15(2,3)4/h10-12H,5-9H2,1-4H3/b12-11+,13-10-. The number of hydrogen-bond donors (Lipinski definition) is 0. The number of unbranched alkanes of at least 4 members (excludes halogenated alkanes) is 4. The van der Waals surface area contributed by atoms with Gasteiger partial charge >= 0.3 is 0 Å². The Bertz CT molecular complexity index is 211. The molecule has 88 valence electrons. The normalized spacial score (nSPS) is 13.8. The van der Waals surface area contributed by atoms with Gasteiger partial charge in [0.15, 0.2) is 0 Å². The average molecular weight is 289 g/mol. The van der Waals surface area contributed by atoms with Crippen molar-refractivity contribution in [3.8, 4) is 0 Å². The highest BCUT2D eigenvalue weighted by Crippen LogP contribution is 2.18. The van der Waals surface area contributed by atoms with Crippen LogP contribution in [-0.2, 0) is 0 Å². The molecule has 0 aromatic carbocycles. The van der Waals surface area contributed by atoms with Crippen LogP contribution in [0, 0.1) is 0 Å². The second-order valence-electron chi connectivity index (χ2n) is 5.05. The minimum Gasteiger partial charge on any atom is -0.0853 e. The van der Waals surface area contributed by atoms with E-state index in [0.29, 0.717) is 0 Å². The van der Waals surface area contributed by atoms with Crippen molar-refractivity contribution < 1.29 is 0 Å². The molecule has 0 fully saturated rings. The Balaban J connectivity index is 4.08. The van der Waals surface area contributed by atoms with Gasteiger partial charge in [-0.3, -0.25) is 0 Å². The predicted octanol–water partition coefficient (Wildman–Crippen LogP) is 5.67. The molecule has 0 N–H and O–H groups in total. The minimum absolute atomic E-state index is 1.13. The average Bonchev–Trinajstić information content (AvgIpc) is 2.14. The van der Waals surface area contributed by atoms with E-state index in [1.54, 1.807) is 5.20 Å². The Morgan fingerprint density at radius 3 is 2.27 bits per heavy atom. The van der Waals surface area contributed by atoms with Crippen molar-refractivity contribution in [1.82, 2.24) is 0 Å². The molecule has 0 aromatic heterocycles. The number of allylic oxidation sites excluding steroid dienone is 3. The quantitative estimate of drug-likeness (QED) is 0.322. The summed E-state index contributed by atoms with van der Waals surface area (Å²) in [5.74, 6) is 0. The van der Waals surface area contributed by atoms with Gasteiger partial charge in [-0.1, -0.05) is 79.1 Å². The van der Waals surface area contributed by atoms with Crippen LogP contribution in [0.25, 0.3) is 0 Å². The summed E-state index contributed by atoms with van der Waals surface area (Å²) < 4.78 is 0. The molecule has 0 rings (SSSR count). The third kappa shape index (κ3) is 8.03. The predicted molar refractivity (Wildman–Crippen MR) is 78.3 cm³/mol. The number of hydrogen-bond acceptors (Lipinski definition) is 0. The molecule has 0 bridgehead atoms. The van der Waals surface area contributed by atoms with Gasteiger partial charge in [-0.05, 0) is 17.8 Å². The fraction of sp³-hybridized carbons (Fsp3) is 0.692. The summed E-state index contributed by atoms with van der Waals surface area (Å²) in [4.78, 5) is 1.99. The van der Waals surface area contributed by atoms with Crippen LogP contribution >= 0.6 is 15.9 Å². The van der Waals surface area contributed by atoms with Crippen molar-refractivity contribution in [2.75, 3.05) is 0 Å². The Labute approximate surface area is 105 Å². The largest absolute Gasteiger partial charge is 0.0853 e. The van der Waals surface area contributed by atoms with Gasteiger partial charge in [0.1, 0.15) is 0 Å². The molecule has 0 aliphatic heterocycles. The van der Waals surface area contributed by atoms with Crippen LogP contribution in [0.1, 0.15) is 39.0 Å². The van der Waals surface area contributed by atoms with E-state index in [2.05, 4.69) is 54.6 Å². The Morgan fingerprint density at radius 2 is 1.80 bits per heavy atom. The monoisotopic (exact) mass is 288 g/mol. The number of rotatable bonds is 7. The molecule has 0 spiro atoms. The lowest BCUT2D eigenvalue weighted by Crippen LogP contribution is -2.22. The van der Waals surface area contributed by atoms with Crippen molar-refractivity contribution in [2.45, 2.75) is 58.7 Å². The van der Waals surface area contributed by atoms with Crippen LogP contribution < -0.4 is 0 Å². The first-order valence-corrected chi connectivity index (χ1v) is 10.4. The molecule has 0 nitrogen and oxygen atoms in total. The zero-order chi connectivity index (χ0) is 11.7. The van der Waals surface area contributed by atoms with Gasteiger partial charge in [0.05, 0.1) is 8.07 Å². The number of halogens is 1. The molecule has 0 aliphatic carbocycles. The molecule has 0 saturated heterocycles. The first kappa shape index (κ1) is 15.2. The van der Waals surface area contributed by atoms with Crippen LogP contribution in [0.2, 0.25) is 19.6 Å². The molecule has 2 heteroatoms. The fourth-order valence-electron chi connectivity index (χ4n) is 1.52. The second kappa shape index (κ2) is 8.34. The van der Waals surface area contributed by atoms with Gasteiger partial charge in [-0.25, -0.2) is 0 Å². The Morgan fingerprint density at radius 1 is 1.13 bits per heavy atom. The lowest BCUT2D eigenvalue weighted by atomic mass is 10.1. The molecule has 15 heavy (non-hydrogen) atoms. The SMILES string of the molecule is CCCCCC/C=C(/C=C/Br)[Si](C)(C)C. The highest BCUT2D eigenvalue weighted by molar-refractivity contribution is 9.11. The van der Waals surface area contributed by atoms with Crippen LogP contribution in [0.5, 0.6) is 0 Å². The molecule has 0 amide bonds. The van der Waals surface area contributed by atoms with Crippen LogP contribution in [0.4, 0.5) is 0 Å². The first-order valence-electron chi connectivity index (χ1n) is 5.99. The van der Waals surface area contributed by atoms with Crippen LogP contribution in [0.15, 0.2) is 22.3 Å². The molecule has 0 radical (unpaired) electrons. The molecule has 0 atom stereocenters. The Kier molecular flexibility index (Phi) is 8.44. The highest BCUT2D eigenvalue weighted by Gasteiger charge is 2.16. The zero-order valence-electron chi connectivity index (χ0n) is 10.6. The summed E-state index contributed by atoms with van der Waals surface area (Å²) in [6.45, 7) is 9.46. The van der Waals surface area contributed by atoms with E-state index < -0.39 is 8.07 Å². The van der Waals surface area contributed by atoms with Crippen molar-refractivity contribution in [2.24, 2.45) is 0 Å². The van der Waals surface area contributed by atoms with E-state index in [1.807, 2.05) is 4.99 Å². The summed E-state index contributed by atoms with van der Waals surface area (Å²) in [7, 11) is -1.13. The molecule has 0 saturated carbocycles. The third-order valence-corrected chi connectivity index (χ3v) is 4.90. The summed E-state index contributed by atoms with van der Waals surface area (Å²) in [6, 6.07) is 0. The van der Waals surface area contributed by atoms with Gasteiger partial charge in [0, 0.05) is 0 Å². The molecule has 0 heterocycles. The van der Waals surface area contributed by atoms with Gasteiger partial charge in [-0.2, -0.15) is 0 Å². The fourth-order valence-corrected chi connectivity index (χ4v) is 3.39. The first-order chi connectivity index (χ1) is 7.02. The van der Waals surface area contributed by atoms with E-state index in [4.69, 9.17) is 0 Å². The lowest BCUT2D eigenvalue weighted by Gasteiger charge is -2.17. The minimum atomic E-state index is -1.13.